The van der Waals surface area contributed by atoms with E-state index in [2.05, 4.69) is 14.9 Å². The van der Waals surface area contributed by atoms with E-state index in [0.29, 0.717) is 36.8 Å². The zero-order valence-electron chi connectivity index (χ0n) is 18.3. The summed E-state index contributed by atoms with van der Waals surface area (Å²) in [5.74, 6) is 1.16. The van der Waals surface area contributed by atoms with E-state index < -0.39 is 0 Å². The molecule has 1 amide bonds. The molecule has 0 radical (unpaired) electrons. The normalized spacial score (nSPS) is 13.8. The van der Waals surface area contributed by atoms with Gasteiger partial charge in [0, 0.05) is 37.9 Å². The number of amides is 1. The summed E-state index contributed by atoms with van der Waals surface area (Å²) in [5, 5.41) is 0.956. The zero-order valence-corrected chi connectivity index (χ0v) is 19.1. The van der Waals surface area contributed by atoms with Crippen LogP contribution in [0.25, 0.3) is 10.3 Å². The van der Waals surface area contributed by atoms with E-state index in [1.807, 2.05) is 47.4 Å². The number of piperazine rings is 1. The lowest BCUT2D eigenvalue weighted by atomic mass is 10.1. The lowest BCUT2D eigenvalue weighted by Crippen LogP contribution is -2.48. The number of carbonyl (C=O) groups is 1. The van der Waals surface area contributed by atoms with Gasteiger partial charge in [0.1, 0.15) is 17.0 Å². The smallest absolute Gasteiger partial charge is 0.254 e. The van der Waals surface area contributed by atoms with Crippen LogP contribution in [0.15, 0.2) is 66.9 Å². The molecule has 1 saturated heterocycles. The lowest BCUT2D eigenvalue weighted by Gasteiger charge is -2.34. The van der Waals surface area contributed by atoms with E-state index in [1.54, 1.807) is 42.8 Å². The van der Waals surface area contributed by atoms with Gasteiger partial charge in [-0.05, 0) is 35.9 Å². The average molecular weight is 461 g/mol. The number of carbonyl (C=O) groups excluding carboxylic acids is 1. The molecule has 1 aliphatic rings. The number of rotatable bonds is 6. The predicted molar refractivity (Wildman–Crippen MR) is 129 cm³/mol. The Balaban J connectivity index is 1.23. The summed E-state index contributed by atoms with van der Waals surface area (Å²) >= 11 is 1.59. The third kappa shape index (κ3) is 4.61. The molecule has 0 N–H and O–H groups in total. The minimum absolute atomic E-state index is 0.00599. The monoisotopic (exact) mass is 460 g/mol. The highest BCUT2D eigenvalue weighted by Gasteiger charge is 2.25. The van der Waals surface area contributed by atoms with Gasteiger partial charge in [0.25, 0.3) is 5.91 Å². The Labute approximate surface area is 196 Å². The summed E-state index contributed by atoms with van der Waals surface area (Å²) in [5.41, 5.74) is 2.58. The molecule has 0 bridgehead atoms. The number of fused-ring (bicyclic) bond motifs is 1. The van der Waals surface area contributed by atoms with Crippen molar-refractivity contribution in [3.63, 3.8) is 0 Å². The molecule has 1 fully saturated rings. The van der Waals surface area contributed by atoms with Gasteiger partial charge in [-0.15, -0.1) is 0 Å². The Morgan fingerprint density at radius 3 is 2.58 bits per heavy atom. The van der Waals surface area contributed by atoms with Crippen LogP contribution in [0.4, 0.5) is 5.13 Å². The number of pyridine rings is 1. The molecular formula is C25H24N4O3S. The van der Waals surface area contributed by atoms with Gasteiger partial charge < -0.3 is 19.3 Å². The first-order valence-corrected chi connectivity index (χ1v) is 11.6. The summed E-state index contributed by atoms with van der Waals surface area (Å²) in [6.45, 7) is 3.18. The number of aromatic nitrogens is 2. The molecule has 0 saturated carbocycles. The Kier molecular flexibility index (Phi) is 6.08. The summed E-state index contributed by atoms with van der Waals surface area (Å²) in [6.07, 6.45) is 1.78. The highest BCUT2D eigenvalue weighted by Crippen LogP contribution is 2.30. The van der Waals surface area contributed by atoms with Crippen molar-refractivity contribution in [1.82, 2.24) is 14.9 Å². The molecule has 2 aromatic carbocycles. The summed E-state index contributed by atoms with van der Waals surface area (Å²) < 4.78 is 11.4. The fourth-order valence-corrected chi connectivity index (χ4v) is 4.79. The van der Waals surface area contributed by atoms with Gasteiger partial charge >= 0.3 is 0 Å². The van der Waals surface area contributed by atoms with Crippen molar-refractivity contribution in [2.75, 3.05) is 38.2 Å². The van der Waals surface area contributed by atoms with Crippen LogP contribution < -0.4 is 14.4 Å². The van der Waals surface area contributed by atoms with Gasteiger partial charge in [0.15, 0.2) is 16.6 Å². The number of nitrogens with zero attached hydrogens (tertiary/aromatic N) is 4. The van der Waals surface area contributed by atoms with Gasteiger partial charge in [-0.1, -0.05) is 41.7 Å². The Bertz CT molecular complexity index is 1220. The Morgan fingerprint density at radius 2 is 1.82 bits per heavy atom. The third-order valence-corrected chi connectivity index (χ3v) is 6.68. The molecule has 8 heteroatoms. The summed E-state index contributed by atoms with van der Waals surface area (Å²) in [4.78, 5) is 27.2. The SMILES string of the molecule is COc1cc(C(=O)N2CCN(c3nc4cccnc4s3)CC2)ccc1OCc1ccccc1. The largest absolute Gasteiger partial charge is 0.493 e. The fourth-order valence-electron chi connectivity index (χ4n) is 3.83. The molecule has 5 rings (SSSR count). The molecular weight excluding hydrogens is 436 g/mol. The minimum Gasteiger partial charge on any atom is -0.493 e. The van der Waals surface area contributed by atoms with Crippen LogP contribution >= 0.6 is 11.3 Å². The highest BCUT2D eigenvalue weighted by atomic mass is 32.1. The van der Waals surface area contributed by atoms with Gasteiger partial charge in [0.2, 0.25) is 0 Å². The predicted octanol–water partition coefficient (Wildman–Crippen LogP) is 4.24. The maximum absolute atomic E-state index is 13.1. The topological polar surface area (TPSA) is 67.8 Å². The van der Waals surface area contributed by atoms with Crippen molar-refractivity contribution >= 4 is 32.7 Å². The van der Waals surface area contributed by atoms with Crippen LogP contribution in [0.1, 0.15) is 15.9 Å². The van der Waals surface area contributed by atoms with E-state index >= 15 is 0 Å². The second kappa shape index (κ2) is 9.46. The van der Waals surface area contributed by atoms with Gasteiger partial charge in [0.05, 0.1) is 7.11 Å². The van der Waals surface area contributed by atoms with Crippen LogP contribution in [0, 0.1) is 0 Å². The molecule has 0 unspecified atom stereocenters. The van der Waals surface area contributed by atoms with E-state index in [4.69, 9.17) is 9.47 Å². The number of hydrogen-bond donors (Lipinski definition) is 0. The van der Waals surface area contributed by atoms with E-state index in [9.17, 15) is 4.79 Å². The van der Waals surface area contributed by atoms with E-state index in [0.717, 1.165) is 34.1 Å². The first kappa shape index (κ1) is 21.2. The first-order valence-electron chi connectivity index (χ1n) is 10.8. The van der Waals surface area contributed by atoms with Gasteiger partial charge in [-0.25, -0.2) is 9.97 Å². The van der Waals surface area contributed by atoms with Crippen LogP contribution in [0.2, 0.25) is 0 Å². The van der Waals surface area contributed by atoms with E-state index in [-0.39, 0.29) is 5.91 Å². The van der Waals surface area contributed by atoms with Gasteiger partial charge in [-0.3, -0.25) is 4.79 Å². The van der Waals surface area contributed by atoms with Crippen LogP contribution in [-0.2, 0) is 6.61 Å². The lowest BCUT2D eigenvalue weighted by molar-refractivity contribution is 0.0746. The minimum atomic E-state index is -0.00599. The second-order valence-corrected chi connectivity index (χ2v) is 8.70. The number of benzene rings is 2. The molecule has 168 valence electrons. The standard InChI is InChI=1S/C25H24N4O3S/c1-31-22-16-19(9-10-21(22)32-17-18-6-3-2-4-7-18)24(30)28-12-14-29(15-13-28)25-27-20-8-5-11-26-23(20)33-25/h2-11,16H,12-15,17H2,1H3. The number of anilines is 1. The molecule has 0 atom stereocenters. The molecule has 2 aromatic heterocycles. The number of methoxy groups -OCH3 is 1. The van der Waals surface area contributed by atoms with Crippen LogP contribution in [-0.4, -0.2) is 54.1 Å². The molecule has 1 aliphatic heterocycles. The van der Waals surface area contributed by atoms with Gasteiger partial charge in [-0.2, -0.15) is 0 Å². The number of ether oxygens (including phenoxy) is 2. The second-order valence-electron chi connectivity index (χ2n) is 7.74. The average Bonchev–Trinajstić information content (AvgIpc) is 3.32. The van der Waals surface area contributed by atoms with Crippen LogP contribution in [0.3, 0.4) is 0 Å². The third-order valence-electron chi connectivity index (χ3n) is 5.64. The molecule has 0 aliphatic carbocycles. The summed E-state index contributed by atoms with van der Waals surface area (Å²) in [6, 6.07) is 19.2. The molecule has 0 spiro atoms. The molecule has 7 nitrogen and oxygen atoms in total. The Hall–Kier alpha value is -3.65. The molecule has 3 heterocycles. The Morgan fingerprint density at radius 1 is 1.00 bits per heavy atom. The van der Waals surface area contributed by atoms with Crippen molar-refractivity contribution < 1.29 is 14.3 Å². The zero-order chi connectivity index (χ0) is 22.6. The van der Waals surface area contributed by atoms with Crippen molar-refractivity contribution in [3.8, 4) is 11.5 Å². The summed E-state index contributed by atoms with van der Waals surface area (Å²) in [7, 11) is 1.59. The number of hydrogen-bond acceptors (Lipinski definition) is 7. The number of thiazole rings is 1. The maximum atomic E-state index is 13.1. The first-order chi connectivity index (χ1) is 16.2. The van der Waals surface area contributed by atoms with Crippen molar-refractivity contribution in [1.29, 1.82) is 0 Å². The maximum Gasteiger partial charge on any atom is 0.254 e. The molecule has 4 aromatic rings. The highest BCUT2D eigenvalue weighted by molar-refractivity contribution is 7.21. The van der Waals surface area contributed by atoms with E-state index in [1.165, 1.54) is 0 Å². The quantitative estimate of drug-likeness (QED) is 0.429. The van der Waals surface area contributed by atoms with Crippen molar-refractivity contribution in [3.05, 3.63) is 78.0 Å². The van der Waals surface area contributed by atoms with Crippen molar-refractivity contribution in [2.24, 2.45) is 0 Å². The molecule has 33 heavy (non-hydrogen) atoms. The van der Waals surface area contributed by atoms with Crippen molar-refractivity contribution in [2.45, 2.75) is 6.61 Å². The van der Waals surface area contributed by atoms with Crippen LogP contribution in [0.5, 0.6) is 11.5 Å². The fraction of sp³-hybridized carbons (Fsp3) is 0.240.